The number of aryl methyl sites for hydroxylation is 1. The molecule has 0 aliphatic carbocycles. The molecular weight excluding hydrogens is 450 g/mol. The van der Waals surface area contributed by atoms with Crippen LogP contribution in [0.15, 0.2) is 52.3 Å². The third-order valence-corrected chi connectivity index (χ3v) is 8.27. The summed E-state index contributed by atoms with van der Waals surface area (Å²) in [6.45, 7) is 5.48. The fourth-order valence-electron chi connectivity index (χ4n) is 3.56. The van der Waals surface area contributed by atoms with Crippen molar-refractivity contribution in [1.82, 2.24) is 0 Å². The first-order valence-electron chi connectivity index (χ1n) is 9.78. The van der Waals surface area contributed by atoms with Gasteiger partial charge in [0, 0.05) is 21.6 Å². The van der Waals surface area contributed by atoms with E-state index in [0.29, 0.717) is 10.6 Å². The van der Waals surface area contributed by atoms with Crippen LogP contribution in [0.2, 0.25) is 0 Å². The molecule has 0 saturated carbocycles. The Morgan fingerprint density at radius 3 is 2.44 bits per heavy atom. The van der Waals surface area contributed by atoms with Gasteiger partial charge in [-0.1, -0.05) is 12.1 Å². The molecule has 4 rings (SSSR count). The van der Waals surface area contributed by atoms with E-state index in [2.05, 4.69) is 5.32 Å². The summed E-state index contributed by atoms with van der Waals surface area (Å²) in [5.41, 5.74) is 1.17. The van der Waals surface area contributed by atoms with Gasteiger partial charge in [0.2, 0.25) is 9.84 Å². The molecule has 1 N–H and O–H groups in total. The topological polar surface area (TPSA) is 107 Å². The Labute approximate surface area is 189 Å². The van der Waals surface area contributed by atoms with Crippen molar-refractivity contribution in [2.75, 3.05) is 11.9 Å². The van der Waals surface area contributed by atoms with Crippen LogP contribution in [0.5, 0.6) is 0 Å². The van der Waals surface area contributed by atoms with Gasteiger partial charge in [0.1, 0.15) is 5.00 Å². The third kappa shape index (κ3) is 3.43. The van der Waals surface area contributed by atoms with Gasteiger partial charge in [0.15, 0.2) is 5.78 Å². The summed E-state index contributed by atoms with van der Waals surface area (Å²) in [7, 11) is -3.97. The van der Waals surface area contributed by atoms with Crippen molar-refractivity contribution < 1.29 is 27.5 Å². The standard InChI is InChI=1S/C23H19NO6S2/c1-4-30-23(27)19-12(2)13(3)31-22(19)24-21(26)14-9-10-16-18(11-14)32(28,29)17-8-6-5-7-15(17)20(16)25/h5-11H,4H2,1-3H3,(H,24,26). The molecule has 0 fully saturated rings. The van der Waals surface area contributed by atoms with Crippen molar-refractivity contribution in [3.8, 4) is 0 Å². The fourth-order valence-corrected chi connectivity index (χ4v) is 6.29. The average Bonchev–Trinajstić information content (AvgIpc) is 3.05. The van der Waals surface area contributed by atoms with Crippen LogP contribution in [0.3, 0.4) is 0 Å². The van der Waals surface area contributed by atoms with E-state index in [9.17, 15) is 22.8 Å². The molecule has 2 heterocycles. The number of nitrogens with one attached hydrogen (secondary N) is 1. The zero-order valence-corrected chi connectivity index (χ0v) is 19.1. The summed E-state index contributed by atoms with van der Waals surface area (Å²) < 4.78 is 31.3. The number of carbonyl (C=O) groups is 3. The highest BCUT2D eigenvalue weighted by atomic mass is 32.2. The number of esters is 1. The summed E-state index contributed by atoms with van der Waals surface area (Å²) in [5, 5.41) is 3.02. The maximum atomic E-state index is 13.1. The van der Waals surface area contributed by atoms with Crippen LogP contribution in [0.4, 0.5) is 5.00 Å². The van der Waals surface area contributed by atoms with E-state index in [4.69, 9.17) is 4.74 Å². The number of hydrogen-bond donors (Lipinski definition) is 1. The number of amides is 1. The maximum Gasteiger partial charge on any atom is 0.341 e. The zero-order chi connectivity index (χ0) is 23.2. The molecule has 1 amide bonds. The Morgan fingerprint density at radius 1 is 1.03 bits per heavy atom. The minimum atomic E-state index is -3.97. The molecule has 7 nitrogen and oxygen atoms in total. The van der Waals surface area contributed by atoms with E-state index in [1.807, 2.05) is 6.92 Å². The number of carbonyl (C=O) groups excluding carboxylic acids is 3. The number of benzene rings is 2. The molecule has 32 heavy (non-hydrogen) atoms. The molecule has 0 saturated heterocycles. The number of anilines is 1. The largest absolute Gasteiger partial charge is 0.462 e. The Hall–Kier alpha value is -3.30. The van der Waals surface area contributed by atoms with E-state index in [1.165, 1.54) is 41.7 Å². The number of thiophene rings is 1. The first-order chi connectivity index (χ1) is 15.2. The van der Waals surface area contributed by atoms with Crippen LogP contribution in [0, 0.1) is 13.8 Å². The van der Waals surface area contributed by atoms with Crippen LogP contribution in [0.1, 0.15) is 54.0 Å². The predicted octanol–water partition coefficient (Wildman–Crippen LogP) is 4.17. The molecule has 3 aromatic rings. The summed E-state index contributed by atoms with van der Waals surface area (Å²) in [6.07, 6.45) is 0. The number of hydrogen-bond acceptors (Lipinski definition) is 7. The second kappa shape index (κ2) is 7.99. The molecule has 0 spiro atoms. The van der Waals surface area contributed by atoms with Crippen molar-refractivity contribution in [3.05, 3.63) is 75.2 Å². The highest BCUT2D eigenvalue weighted by Gasteiger charge is 2.35. The van der Waals surface area contributed by atoms with Crippen LogP contribution in [-0.4, -0.2) is 32.7 Å². The Morgan fingerprint density at radius 2 is 1.72 bits per heavy atom. The molecule has 9 heteroatoms. The summed E-state index contributed by atoms with van der Waals surface area (Å²) in [5.74, 6) is -1.55. The van der Waals surface area contributed by atoms with Gasteiger partial charge in [0.05, 0.1) is 22.0 Å². The normalized spacial score (nSPS) is 13.8. The molecule has 0 radical (unpaired) electrons. The van der Waals surface area contributed by atoms with Gasteiger partial charge in [-0.2, -0.15) is 0 Å². The second-order valence-electron chi connectivity index (χ2n) is 7.20. The number of sulfone groups is 1. The van der Waals surface area contributed by atoms with Crippen molar-refractivity contribution in [2.45, 2.75) is 30.6 Å². The highest BCUT2D eigenvalue weighted by molar-refractivity contribution is 7.91. The minimum absolute atomic E-state index is 0.0234. The molecular formula is C23H19NO6S2. The number of rotatable bonds is 4. The summed E-state index contributed by atoms with van der Waals surface area (Å²) in [4.78, 5) is 38.6. The van der Waals surface area contributed by atoms with E-state index in [0.717, 1.165) is 4.88 Å². The Bertz CT molecular complexity index is 1400. The molecule has 1 aromatic heterocycles. The lowest BCUT2D eigenvalue weighted by molar-refractivity contribution is 0.0527. The minimum Gasteiger partial charge on any atom is -0.462 e. The summed E-state index contributed by atoms with van der Waals surface area (Å²) >= 11 is 1.23. The predicted molar refractivity (Wildman–Crippen MR) is 119 cm³/mol. The summed E-state index contributed by atoms with van der Waals surface area (Å²) in [6, 6.07) is 9.93. The molecule has 1 aliphatic rings. The van der Waals surface area contributed by atoms with E-state index >= 15 is 0 Å². The molecule has 2 aromatic carbocycles. The average molecular weight is 470 g/mol. The van der Waals surface area contributed by atoms with Gasteiger partial charge in [-0.05, 0) is 56.7 Å². The first-order valence-corrected chi connectivity index (χ1v) is 12.1. The Balaban J connectivity index is 1.73. The monoisotopic (exact) mass is 469 g/mol. The number of fused-ring (bicyclic) bond motifs is 2. The van der Waals surface area contributed by atoms with Crippen molar-refractivity contribution in [2.24, 2.45) is 0 Å². The fraction of sp³-hybridized carbons (Fsp3) is 0.174. The van der Waals surface area contributed by atoms with Crippen molar-refractivity contribution in [3.63, 3.8) is 0 Å². The SMILES string of the molecule is CCOC(=O)c1c(NC(=O)c2ccc3c(c2)S(=O)(=O)c2ccccc2C3=O)sc(C)c1C. The highest BCUT2D eigenvalue weighted by Crippen LogP contribution is 2.36. The maximum absolute atomic E-state index is 13.1. The molecule has 1 aliphatic heterocycles. The van der Waals surface area contributed by atoms with Gasteiger partial charge in [0.25, 0.3) is 5.91 Å². The quantitative estimate of drug-likeness (QED) is 0.450. The van der Waals surface area contributed by atoms with E-state index in [-0.39, 0.29) is 38.7 Å². The van der Waals surface area contributed by atoms with Crippen LogP contribution >= 0.6 is 11.3 Å². The van der Waals surface area contributed by atoms with Gasteiger partial charge >= 0.3 is 5.97 Å². The van der Waals surface area contributed by atoms with E-state index < -0.39 is 27.5 Å². The first kappa shape index (κ1) is 21.9. The lowest BCUT2D eigenvalue weighted by Gasteiger charge is -2.19. The zero-order valence-electron chi connectivity index (χ0n) is 17.5. The smallest absolute Gasteiger partial charge is 0.341 e. The van der Waals surface area contributed by atoms with Gasteiger partial charge in [-0.3, -0.25) is 9.59 Å². The van der Waals surface area contributed by atoms with Crippen molar-refractivity contribution in [1.29, 1.82) is 0 Å². The Kier molecular flexibility index (Phi) is 5.47. The third-order valence-electron chi connectivity index (χ3n) is 5.29. The second-order valence-corrected chi connectivity index (χ2v) is 10.3. The van der Waals surface area contributed by atoms with E-state index in [1.54, 1.807) is 26.0 Å². The van der Waals surface area contributed by atoms with Gasteiger partial charge in [-0.25, -0.2) is 13.2 Å². The lowest BCUT2D eigenvalue weighted by atomic mass is 10.0. The molecule has 0 atom stereocenters. The van der Waals surface area contributed by atoms with Gasteiger partial charge in [-0.15, -0.1) is 11.3 Å². The molecule has 0 unspecified atom stereocenters. The molecule has 0 bridgehead atoms. The molecule has 164 valence electrons. The number of ketones is 1. The van der Waals surface area contributed by atoms with Gasteiger partial charge < -0.3 is 10.1 Å². The van der Waals surface area contributed by atoms with Crippen LogP contribution < -0.4 is 5.32 Å². The van der Waals surface area contributed by atoms with Crippen LogP contribution in [-0.2, 0) is 14.6 Å². The van der Waals surface area contributed by atoms with Crippen LogP contribution in [0.25, 0.3) is 0 Å². The lowest BCUT2D eigenvalue weighted by Crippen LogP contribution is -2.22. The number of ether oxygens (including phenoxy) is 1. The van der Waals surface area contributed by atoms with Crippen molar-refractivity contribution >= 4 is 43.8 Å².